The highest BCUT2D eigenvalue weighted by atomic mass is 32.2. The number of sulfonamides is 1. The van der Waals surface area contributed by atoms with Crippen LogP contribution >= 0.6 is 0 Å². The van der Waals surface area contributed by atoms with Gasteiger partial charge in [0.2, 0.25) is 15.9 Å². The van der Waals surface area contributed by atoms with Crippen LogP contribution < -0.4 is 5.32 Å². The molecule has 3 aromatic rings. The van der Waals surface area contributed by atoms with Gasteiger partial charge in [0.1, 0.15) is 11.6 Å². The fraction of sp³-hybridized carbons (Fsp3) is 0.263. The number of halogens is 1. The first-order valence-electron chi connectivity index (χ1n) is 8.97. The number of aryl methyl sites for hydroxylation is 3. The summed E-state index contributed by atoms with van der Waals surface area (Å²) in [4.78, 5) is 21.1. The van der Waals surface area contributed by atoms with Crippen LogP contribution in [0.4, 0.5) is 10.2 Å². The molecule has 0 spiro atoms. The molecule has 0 bridgehead atoms. The van der Waals surface area contributed by atoms with Crippen LogP contribution in [0.1, 0.15) is 17.1 Å². The molecule has 0 unspecified atom stereocenters. The number of nitrogens with one attached hydrogen (secondary N) is 1. The first-order chi connectivity index (χ1) is 14.1. The molecule has 1 aromatic carbocycles. The van der Waals surface area contributed by atoms with E-state index in [-0.39, 0.29) is 4.90 Å². The lowest BCUT2D eigenvalue weighted by atomic mass is 10.4. The minimum absolute atomic E-state index is 0.108. The second-order valence-electron chi connectivity index (χ2n) is 6.80. The number of carbonyl (C=O) groups excluding carboxylic acids is 1. The number of carbonyl (C=O) groups is 1. The molecule has 11 heteroatoms. The van der Waals surface area contributed by atoms with Crippen molar-refractivity contribution in [3.8, 4) is 5.95 Å². The minimum atomic E-state index is -3.95. The largest absolute Gasteiger partial charge is 0.309 e. The molecule has 0 atom stereocenters. The zero-order chi connectivity index (χ0) is 22.1. The molecule has 30 heavy (non-hydrogen) atoms. The van der Waals surface area contributed by atoms with Gasteiger partial charge in [-0.2, -0.15) is 14.1 Å². The van der Waals surface area contributed by atoms with Crippen molar-refractivity contribution in [1.82, 2.24) is 24.1 Å². The van der Waals surface area contributed by atoms with E-state index >= 15 is 0 Å². The Labute approximate surface area is 173 Å². The lowest BCUT2D eigenvalue weighted by molar-refractivity contribution is -0.116. The maximum absolute atomic E-state index is 13.1. The molecule has 0 fully saturated rings. The SMILES string of the molecule is Cc1cc(C)nc(-n2nc(C)cc2NC(=O)CN(C)S(=O)(=O)c2ccc(F)cc2)n1. The number of rotatable bonds is 6. The molecule has 2 aromatic heterocycles. The zero-order valence-corrected chi connectivity index (χ0v) is 17.7. The van der Waals surface area contributed by atoms with E-state index in [2.05, 4.69) is 20.4 Å². The fourth-order valence-electron chi connectivity index (χ4n) is 2.80. The van der Waals surface area contributed by atoms with Crippen molar-refractivity contribution < 1.29 is 17.6 Å². The van der Waals surface area contributed by atoms with Gasteiger partial charge in [-0.1, -0.05) is 0 Å². The highest BCUT2D eigenvalue weighted by Gasteiger charge is 2.24. The number of nitrogens with zero attached hydrogens (tertiary/aromatic N) is 5. The summed E-state index contributed by atoms with van der Waals surface area (Å²) in [5.74, 6) is -0.515. The predicted octanol–water partition coefficient (Wildman–Crippen LogP) is 1.99. The first-order valence-corrected chi connectivity index (χ1v) is 10.4. The Hall–Kier alpha value is -3.18. The Bertz CT molecular complexity index is 1170. The quantitative estimate of drug-likeness (QED) is 0.638. The molecule has 158 valence electrons. The highest BCUT2D eigenvalue weighted by Crippen LogP contribution is 2.17. The predicted molar refractivity (Wildman–Crippen MR) is 108 cm³/mol. The van der Waals surface area contributed by atoms with Gasteiger partial charge in [0.05, 0.1) is 17.1 Å². The summed E-state index contributed by atoms with van der Waals surface area (Å²) in [5.41, 5.74) is 2.11. The average Bonchev–Trinajstić information content (AvgIpc) is 3.01. The van der Waals surface area contributed by atoms with Crippen LogP contribution in [0.2, 0.25) is 0 Å². The summed E-state index contributed by atoms with van der Waals surface area (Å²) in [6, 6.07) is 7.84. The molecule has 2 heterocycles. The monoisotopic (exact) mass is 432 g/mol. The highest BCUT2D eigenvalue weighted by molar-refractivity contribution is 7.89. The molecule has 0 aliphatic rings. The van der Waals surface area contributed by atoms with Gasteiger partial charge < -0.3 is 5.32 Å². The van der Waals surface area contributed by atoms with E-state index in [0.717, 1.165) is 40.0 Å². The number of anilines is 1. The fourth-order valence-corrected chi connectivity index (χ4v) is 3.93. The molecule has 0 aliphatic heterocycles. The molecular weight excluding hydrogens is 411 g/mol. The van der Waals surface area contributed by atoms with Gasteiger partial charge in [0.25, 0.3) is 5.95 Å². The van der Waals surface area contributed by atoms with Crippen molar-refractivity contribution in [3.63, 3.8) is 0 Å². The molecule has 1 amide bonds. The Balaban J connectivity index is 1.79. The average molecular weight is 432 g/mol. The van der Waals surface area contributed by atoms with Crippen molar-refractivity contribution in [2.24, 2.45) is 0 Å². The third-order valence-corrected chi connectivity index (χ3v) is 5.96. The van der Waals surface area contributed by atoms with Gasteiger partial charge in [0.15, 0.2) is 0 Å². The van der Waals surface area contributed by atoms with Gasteiger partial charge in [0, 0.05) is 24.5 Å². The van der Waals surface area contributed by atoms with Gasteiger partial charge in [-0.3, -0.25) is 4.79 Å². The molecule has 0 saturated carbocycles. The number of amides is 1. The maximum Gasteiger partial charge on any atom is 0.252 e. The maximum atomic E-state index is 13.1. The lowest BCUT2D eigenvalue weighted by Gasteiger charge is -2.17. The molecule has 1 N–H and O–H groups in total. The van der Waals surface area contributed by atoms with E-state index in [1.165, 1.54) is 11.7 Å². The van der Waals surface area contributed by atoms with Crippen LogP contribution in [-0.2, 0) is 14.8 Å². The van der Waals surface area contributed by atoms with Crippen LogP contribution in [0, 0.1) is 26.6 Å². The van der Waals surface area contributed by atoms with Crippen molar-refractivity contribution in [1.29, 1.82) is 0 Å². The number of aromatic nitrogens is 4. The van der Waals surface area contributed by atoms with E-state index in [1.807, 2.05) is 19.9 Å². The number of likely N-dealkylation sites (N-methyl/N-ethyl adjacent to an activating group) is 1. The third kappa shape index (κ3) is 4.69. The van der Waals surface area contributed by atoms with E-state index < -0.39 is 28.3 Å². The van der Waals surface area contributed by atoms with Gasteiger partial charge in [-0.15, -0.1) is 0 Å². The van der Waals surface area contributed by atoms with Crippen LogP contribution in [0.15, 0.2) is 41.3 Å². The van der Waals surface area contributed by atoms with Crippen LogP contribution in [0.25, 0.3) is 5.95 Å². The number of hydrogen-bond donors (Lipinski definition) is 1. The summed E-state index contributed by atoms with van der Waals surface area (Å²) in [6.07, 6.45) is 0. The Morgan fingerprint density at radius 2 is 1.67 bits per heavy atom. The number of benzene rings is 1. The van der Waals surface area contributed by atoms with Crippen LogP contribution in [0.3, 0.4) is 0 Å². The van der Waals surface area contributed by atoms with Gasteiger partial charge in [-0.25, -0.2) is 22.8 Å². The summed E-state index contributed by atoms with van der Waals surface area (Å²) < 4.78 is 40.5. The molecule has 0 saturated heterocycles. The molecule has 3 rings (SSSR count). The topological polar surface area (TPSA) is 110 Å². The number of hydrogen-bond acceptors (Lipinski definition) is 6. The van der Waals surface area contributed by atoms with E-state index in [9.17, 15) is 17.6 Å². The van der Waals surface area contributed by atoms with Crippen molar-refractivity contribution >= 4 is 21.7 Å². The third-order valence-electron chi connectivity index (χ3n) is 4.15. The summed E-state index contributed by atoms with van der Waals surface area (Å²) in [6.45, 7) is 4.95. The Kier molecular flexibility index (Phi) is 5.94. The Morgan fingerprint density at radius 1 is 1.07 bits per heavy atom. The smallest absolute Gasteiger partial charge is 0.252 e. The Morgan fingerprint density at radius 3 is 2.27 bits per heavy atom. The van der Waals surface area contributed by atoms with Gasteiger partial charge >= 0.3 is 0 Å². The zero-order valence-electron chi connectivity index (χ0n) is 16.9. The standard InChI is InChI=1S/C19H21FN6O3S/c1-12-9-13(2)22-19(21-12)26-17(10-14(3)24-26)23-18(27)11-25(4)30(28,29)16-7-5-15(20)6-8-16/h5-10H,11H2,1-4H3,(H,23,27). The lowest BCUT2D eigenvalue weighted by Crippen LogP contribution is -2.35. The molecular formula is C19H21FN6O3S. The second-order valence-corrected chi connectivity index (χ2v) is 8.84. The van der Waals surface area contributed by atoms with Crippen molar-refractivity contribution in [3.05, 3.63) is 59.3 Å². The van der Waals surface area contributed by atoms with Gasteiger partial charge in [-0.05, 0) is 51.1 Å². The second kappa shape index (κ2) is 8.28. The van der Waals surface area contributed by atoms with E-state index in [0.29, 0.717) is 17.5 Å². The van der Waals surface area contributed by atoms with E-state index in [4.69, 9.17) is 0 Å². The summed E-state index contributed by atoms with van der Waals surface area (Å²) in [7, 11) is -2.68. The minimum Gasteiger partial charge on any atom is -0.309 e. The molecule has 9 nitrogen and oxygen atoms in total. The summed E-state index contributed by atoms with van der Waals surface area (Å²) >= 11 is 0. The van der Waals surface area contributed by atoms with Crippen LogP contribution in [0.5, 0.6) is 0 Å². The summed E-state index contributed by atoms with van der Waals surface area (Å²) in [5, 5.41) is 6.96. The van der Waals surface area contributed by atoms with Crippen LogP contribution in [-0.4, -0.2) is 52.0 Å². The molecule has 0 aliphatic carbocycles. The normalized spacial score (nSPS) is 11.7. The van der Waals surface area contributed by atoms with E-state index in [1.54, 1.807) is 13.0 Å². The van der Waals surface area contributed by atoms with Crippen molar-refractivity contribution in [2.75, 3.05) is 18.9 Å². The van der Waals surface area contributed by atoms with Crippen molar-refractivity contribution in [2.45, 2.75) is 25.7 Å². The first kappa shape index (κ1) is 21.5. The molecule has 0 radical (unpaired) electrons.